The van der Waals surface area contributed by atoms with E-state index in [1.54, 1.807) is 5.56 Å². The number of anilines is 6. The molecule has 0 radical (unpaired) electrons. The zero-order chi connectivity index (χ0) is 58.2. The Kier molecular flexibility index (Phi) is 12.3. The Bertz CT molecular complexity index is 3750. The van der Waals surface area contributed by atoms with Gasteiger partial charge in [0.05, 0.1) is 11.0 Å². The molecule has 0 spiro atoms. The molecule has 1 aromatic heterocycles. The highest BCUT2D eigenvalue weighted by molar-refractivity contribution is 7.00. The molecule has 14 rings (SSSR count). The minimum absolute atomic E-state index is 0.0319. The summed E-state index contributed by atoms with van der Waals surface area (Å²) in [5, 5.41) is 0. The standard InChI is InChI=1S/C77H91BN4/c1-71(2,3)51-26-24-50(25-27-51)70-79-63-43-65-62(42-66(63)82(70)58-22-20-19-21-23-58)78-61-39-52(72(4,5)6)28-29-64(61)80(59-35-53(73(7,8)9)33-54(36-59)74(10,11)12)67-40-57(77-44-47-30-48(45-77)32-49(31-47)46-77)41-68(69(67)78)81(65)60-37-55(75(13,14)15)34-56(38-60)76(16,17)18/h19-29,33-43,47-49H,30-32,44-46H2,1-18H3. The van der Waals surface area contributed by atoms with Crippen LogP contribution in [0.15, 0.2) is 133 Å². The van der Waals surface area contributed by atoms with Crippen LogP contribution in [0.3, 0.4) is 0 Å². The van der Waals surface area contributed by atoms with Crippen molar-refractivity contribution < 1.29 is 0 Å². The Hall–Kier alpha value is -6.33. The molecule has 0 N–H and O–H groups in total. The molecule has 0 saturated heterocycles. The lowest BCUT2D eigenvalue weighted by Crippen LogP contribution is -2.62. The summed E-state index contributed by atoms with van der Waals surface area (Å²) in [6.45, 7) is 42.7. The van der Waals surface area contributed by atoms with Crippen molar-refractivity contribution in [3.05, 3.63) is 172 Å². The van der Waals surface area contributed by atoms with Crippen LogP contribution < -0.4 is 26.2 Å². The topological polar surface area (TPSA) is 24.3 Å². The number of para-hydroxylation sites is 1. The first-order valence-electron chi connectivity index (χ1n) is 31.3. The van der Waals surface area contributed by atoms with E-state index >= 15 is 0 Å². The molecule has 422 valence electrons. The van der Waals surface area contributed by atoms with Crippen LogP contribution >= 0.6 is 0 Å². The summed E-state index contributed by atoms with van der Waals surface area (Å²) < 4.78 is 2.45. The highest BCUT2D eigenvalue weighted by Gasteiger charge is 2.53. The number of hydrogen-bond donors (Lipinski definition) is 0. The van der Waals surface area contributed by atoms with Gasteiger partial charge in [-0.25, -0.2) is 4.98 Å². The first-order chi connectivity index (χ1) is 38.3. The highest BCUT2D eigenvalue weighted by atomic mass is 15.2. The molecule has 0 atom stereocenters. The highest BCUT2D eigenvalue weighted by Crippen LogP contribution is 2.62. The lowest BCUT2D eigenvalue weighted by molar-refractivity contribution is -0.00514. The van der Waals surface area contributed by atoms with Crippen LogP contribution in [0.2, 0.25) is 0 Å². The maximum absolute atomic E-state index is 5.81. The molecule has 3 heterocycles. The normalized spacial score (nSPS) is 20.6. The number of rotatable bonds is 5. The van der Waals surface area contributed by atoms with Gasteiger partial charge in [0.15, 0.2) is 0 Å². The van der Waals surface area contributed by atoms with Crippen molar-refractivity contribution in [2.45, 2.75) is 201 Å². The zero-order valence-corrected chi connectivity index (χ0v) is 53.0. The summed E-state index contributed by atoms with van der Waals surface area (Å²) in [5.74, 6) is 3.37. The van der Waals surface area contributed by atoms with Crippen molar-refractivity contribution >= 4 is 68.3 Å². The molecule has 8 aromatic rings. The first kappa shape index (κ1) is 54.9. The predicted molar refractivity (Wildman–Crippen MR) is 353 cm³/mol. The summed E-state index contributed by atoms with van der Waals surface area (Å²) in [6, 6.07) is 53.6. The Labute approximate surface area is 493 Å². The number of aromatic nitrogens is 2. The van der Waals surface area contributed by atoms with Crippen LogP contribution in [0.25, 0.3) is 28.1 Å². The predicted octanol–water partition coefficient (Wildman–Crippen LogP) is 19.0. The van der Waals surface area contributed by atoms with Crippen LogP contribution in [0, 0.1) is 17.8 Å². The van der Waals surface area contributed by atoms with Gasteiger partial charge in [0, 0.05) is 45.4 Å². The maximum atomic E-state index is 5.81. The smallest absolute Gasteiger partial charge is 0.252 e. The van der Waals surface area contributed by atoms with Gasteiger partial charge in [-0.05, 0) is 216 Å². The van der Waals surface area contributed by atoms with Gasteiger partial charge in [0.25, 0.3) is 6.71 Å². The van der Waals surface area contributed by atoms with Gasteiger partial charge in [-0.15, -0.1) is 0 Å². The number of hydrogen-bond acceptors (Lipinski definition) is 3. The van der Waals surface area contributed by atoms with E-state index in [9.17, 15) is 0 Å². The monoisotopic (exact) mass is 1080 g/mol. The fourth-order valence-corrected chi connectivity index (χ4v) is 15.7. The molecule has 6 aliphatic rings. The third-order valence-electron chi connectivity index (χ3n) is 20.2. The van der Waals surface area contributed by atoms with E-state index in [-0.39, 0.29) is 44.6 Å². The van der Waals surface area contributed by atoms with Crippen LogP contribution in [0.5, 0.6) is 0 Å². The van der Waals surface area contributed by atoms with Gasteiger partial charge >= 0.3 is 0 Å². The van der Waals surface area contributed by atoms with Gasteiger partial charge in [0.2, 0.25) is 0 Å². The van der Waals surface area contributed by atoms with Crippen molar-refractivity contribution in [1.29, 1.82) is 0 Å². The van der Waals surface area contributed by atoms with E-state index in [1.165, 1.54) is 122 Å². The second kappa shape index (κ2) is 18.3. The van der Waals surface area contributed by atoms with Gasteiger partial charge < -0.3 is 9.80 Å². The molecule has 0 unspecified atom stereocenters. The molecule has 82 heavy (non-hydrogen) atoms. The molecule has 4 saturated carbocycles. The van der Waals surface area contributed by atoms with E-state index in [1.807, 2.05) is 0 Å². The molecule has 4 nitrogen and oxygen atoms in total. The molecule has 0 amide bonds. The molecule has 5 heteroatoms. The van der Waals surface area contributed by atoms with Crippen molar-refractivity contribution in [3.8, 4) is 17.1 Å². The third kappa shape index (κ3) is 9.20. The molecule has 4 fully saturated rings. The largest absolute Gasteiger partial charge is 0.311 e. The third-order valence-corrected chi connectivity index (χ3v) is 20.2. The van der Waals surface area contributed by atoms with E-state index in [4.69, 9.17) is 4.98 Å². The second-order valence-corrected chi connectivity index (χ2v) is 32.6. The molecular weight excluding hydrogens is 992 g/mol. The summed E-state index contributed by atoms with van der Waals surface area (Å²) in [4.78, 5) is 11.3. The van der Waals surface area contributed by atoms with Gasteiger partial charge in [0.1, 0.15) is 5.82 Å². The Morgan fingerprint density at radius 1 is 0.402 bits per heavy atom. The fourth-order valence-electron chi connectivity index (χ4n) is 15.7. The van der Waals surface area contributed by atoms with Gasteiger partial charge in [-0.3, -0.25) is 4.57 Å². The van der Waals surface area contributed by atoms with Crippen LogP contribution in [-0.2, 0) is 37.9 Å². The number of nitrogens with zero attached hydrogens (tertiary/aromatic N) is 4. The molecular formula is C77H91BN4. The Morgan fingerprint density at radius 3 is 1.30 bits per heavy atom. The minimum atomic E-state index is -0.0879. The average molecular weight is 1080 g/mol. The first-order valence-corrected chi connectivity index (χ1v) is 31.3. The van der Waals surface area contributed by atoms with Crippen molar-refractivity contribution in [2.75, 3.05) is 9.80 Å². The van der Waals surface area contributed by atoms with Crippen LogP contribution in [0.4, 0.5) is 34.1 Å². The minimum Gasteiger partial charge on any atom is -0.311 e. The number of benzene rings is 7. The SMILES string of the molecule is CC(C)(C)c1ccc(-c2nc3cc4c(cc3n2-c2ccccc2)B2c3cc(C(C)(C)C)ccc3N(c3cc(C(C)(C)C)cc(C(C)(C)C)c3)c3cc(C56CC7CC(CC(C7)C5)C6)cc(c32)N4c2cc(C(C)(C)C)cc(C(C)(C)C)c2)cc1. The maximum Gasteiger partial charge on any atom is 0.252 e. The van der Waals surface area contributed by atoms with Gasteiger partial charge in [-0.1, -0.05) is 191 Å². The van der Waals surface area contributed by atoms with Crippen molar-refractivity contribution in [2.24, 2.45) is 17.8 Å². The van der Waals surface area contributed by atoms with E-state index in [0.717, 1.165) is 45.9 Å². The van der Waals surface area contributed by atoms with Gasteiger partial charge in [-0.2, -0.15) is 0 Å². The van der Waals surface area contributed by atoms with E-state index < -0.39 is 0 Å². The lowest BCUT2D eigenvalue weighted by Gasteiger charge is -2.57. The molecule has 4 bridgehead atoms. The lowest BCUT2D eigenvalue weighted by atomic mass is 9.33. The summed E-state index contributed by atoms with van der Waals surface area (Å²) in [5.41, 5.74) is 25.6. The van der Waals surface area contributed by atoms with Crippen molar-refractivity contribution in [3.63, 3.8) is 0 Å². The Morgan fingerprint density at radius 2 is 0.841 bits per heavy atom. The zero-order valence-electron chi connectivity index (χ0n) is 53.0. The number of fused-ring (bicyclic) bond motifs is 5. The quantitative estimate of drug-likeness (QED) is 0.161. The second-order valence-electron chi connectivity index (χ2n) is 32.6. The van der Waals surface area contributed by atoms with E-state index in [0.29, 0.717) is 0 Å². The summed E-state index contributed by atoms with van der Waals surface area (Å²) in [7, 11) is 0. The average Bonchev–Trinajstić information content (AvgIpc) is 1.02. The Balaban J connectivity index is 1.20. The number of imidazole rings is 1. The molecule has 4 aliphatic carbocycles. The summed E-state index contributed by atoms with van der Waals surface area (Å²) in [6.07, 6.45) is 8.11. The van der Waals surface area contributed by atoms with Crippen LogP contribution in [0.1, 0.15) is 202 Å². The fraction of sp³-hybridized carbons (Fsp3) is 0.442. The van der Waals surface area contributed by atoms with E-state index in [2.05, 4.69) is 272 Å². The summed E-state index contributed by atoms with van der Waals surface area (Å²) >= 11 is 0. The molecule has 7 aromatic carbocycles. The molecule has 2 aliphatic heterocycles. The van der Waals surface area contributed by atoms with Crippen LogP contribution in [-0.4, -0.2) is 16.3 Å². The van der Waals surface area contributed by atoms with Crippen molar-refractivity contribution in [1.82, 2.24) is 9.55 Å².